The Balaban J connectivity index is 2.70. The molecule has 1 aromatic rings. The second-order valence-corrected chi connectivity index (χ2v) is 4.82. The van der Waals surface area contributed by atoms with Gasteiger partial charge in [0.05, 0.1) is 0 Å². The van der Waals surface area contributed by atoms with Gasteiger partial charge in [-0.25, -0.2) is 0 Å². The molecule has 0 aliphatic heterocycles. The summed E-state index contributed by atoms with van der Waals surface area (Å²) >= 11 is 0. The molecule has 2 nitrogen and oxygen atoms in total. The second kappa shape index (κ2) is 5.27. The molecule has 0 aliphatic carbocycles. The molecule has 0 saturated heterocycles. The van der Waals surface area contributed by atoms with Crippen LogP contribution in [-0.2, 0) is 0 Å². The van der Waals surface area contributed by atoms with Crippen LogP contribution in [0, 0.1) is 5.92 Å². The number of carbonyl (C=O) groups is 1. The monoisotopic (exact) mass is 223 g/mol. The maximum atomic E-state index is 11.8. The topological polar surface area (TPSA) is 43.1 Å². The van der Waals surface area contributed by atoms with Gasteiger partial charge in [0.25, 0.3) is 0 Å². The van der Waals surface area contributed by atoms with Crippen molar-refractivity contribution in [1.82, 2.24) is 0 Å². The van der Waals surface area contributed by atoms with Crippen LogP contribution in [0.3, 0.4) is 0 Å². The first-order valence-corrected chi connectivity index (χ1v) is 5.76. The minimum atomic E-state index is 0.181. The van der Waals surface area contributed by atoms with Gasteiger partial charge in [-0.05, 0) is 23.7 Å². The van der Waals surface area contributed by atoms with Gasteiger partial charge in [-0.3, -0.25) is 4.79 Å². The highest BCUT2D eigenvalue weighted by Gasteiger charge is 2.07. The predicted octanol–water partition coefficient (Wildman–Crippen LogP) is 2.39. The van der Waals surface area contributed by atoms with Crippen molar-refractivity contribution in [3.63, 3.8) is 0 Å². The number of hydrogen-bond donors (Lipinski definition) is 1. The Morgan fingerprint density at radius 1 is 1.47 bits per heavy atom. The molecule has 1 unspecified atom stereocenters. The van der Waals surface area contributed by atoms with Crippen molar-refractivity contribution >= 4 is 26.0 Å². The Labute approximate surface area is 93.5 Å². The maximum Gasteiger partial charge on any atom is 0.162 e. The molecule has 0 fully saturated rings. The number of hydrogen-bond acceptors (Lipinski definition) is 2. The van der Waals surface area contributed by atoms with Crippen LogP contribution in [0.25, 0.3) is 0 Å². The van der Waals surface area contributed by atoms with Gasteiger partial charge in [0, 0.05) is 17.7 Å². The van der Waals surface area contributed by atoms with Gasteiger partial charge in [-0.15, -0.1) is 9.24 Å². The average molecular weight is 223 g/mol. The first kappa shape index (κ1) is 12.2. The summed E-state index contributed by atoms with van der Waals surface area (Å²) in [4.78, 5) is 11.8. The lowest BCUT2D eigenvalue weighted by Crippen LogP contribution is -2.06. The highest BCUT2D eigenvalue weighted by atomic mass is 31.0. The zero-order valence-corrected chi connectivity index (χ0v) is 10.4. The molecule has 0 amide bonds. The molecule has 0 aliphatic rings. The van der Waals surface area contributed by atoms with Crippen molar-refractivity contribution in [3.05, 3.63) is 23.8 Å². The smallest absolute Gasteiger partial charge is 0.162 e. The molecule has 1 rings (SSSR count). The molecule has 2 N–H and O–H groups in total. The molecule has 0 spiro atoms. The number of anilines is 1. The standard InChI is InChI=1S/C12H18NOP/c1-8(2)3-5-11(14)9-4-6-12(15)10(13)7-9/h4,6-8H,3,5,13,15H2,1-2H3. The van der Waals surface area contributed by atoms with Gasteiger partial charge in [-0.2, -0.15) is 0 Å². The fraction of sp³-hybridized carbons (Fsp3) is 0.417. The van der Waals surface area contributed by atoms with Crippen LogP contribution < -0.4 is 11.0 Å². The van der Waals surface area contributed by atoms with Crippen molar-refractivity contribution in [2.75, 3.05) is 5.73 Å². The summed E-state index contributed by atoms with van der Waals surface area (Å²) in [5, 5.41) is 0.940. The van der Waals surface area contributed by atoms with Gasteiger partial charge in [0.15, 0.2) is 5.78 Å². The number of nitrogen functional groups attached to an aromatic ring is 1. The van der Waals surface area contributed by atoms with E-state index in [9.17, 15) is 4.79 Å². The summed E-state index contributed by atoms with van der Waals surface area (Å²) in [5.41, 5.74) is 7.13. The molecular weight excluding hydrogens is 205 g/mol. The molecule has 82 valence electrons. The number of ketones is 1. The predicted molar refractivity (Wildman–Crippen MR) is 68.6 cm³/mol. The summed E-state index contributed by atoms with van der Waals surface area (Å²) in [6.07, 6.45) is 1.54. The number of rotatable bonds is 4. The molecule has 0 radical (unpaired) electrons. The first-order chi connectivity index (χ1) is 7.00. The lowest BCUT2D eigenvalue weighted by molar-refractivity contribution is 0.0975. The van der Waals surface area contributed by atoms with Crippen LogP contribution in [0.15, 0.2) is 18.2 Å². The van der Waals surface area contributed by atoms with E-state index in [2.05, 4.69) is 23.1 Å². The van der Waals surface area contributed by atoms with Crippen molar-refractivity contribution in [3.8, 4) is 0 Å². The van der Waals surface area contributed by atoms with E-state index in [4.69, 9.17) is 5.73 Å². The Morgan fingerprint density at radius 2 is 2.13 bits per heavy atom. The molecule has 0 heterocycles. The van der Waals surface area contributed by atoms with Crippen LogP contribution in [0.2, 0.25) is 0 Å². The third kappa shape index (κ3) is 3.64. The van der Waals surface area contributed by atoms with E-state index in [-0.39, 0.29) is 5.78 Å². The SMILES string of the molecule is CC(C)CCC(=O)c1ccc(P)c(N)c1. The molecule has 1 atom stereocenters. The highest BCUT2D eigenvalue weighted by molar-refractivity contribution is 7.28. The third-order valence-electron chi connectivity index (χ3n) is 2.36. The molecule has 0 saturated carbocycles. The minimum Gasteiger partial charge on any atom is -0.398 e. The van der Waals surface area contributed by atoms with Crippen LogP contribution in [0.1, 0.15) is 37.0 Å². The molecule has 1 aromatic carbocycles. The highest BCUT2D eigenvalue weighted by Crippen LogP contribution is 2.13. The van der Waals surface area contributed by atoms with Crippen molar-refractivity contribution in [2.24, 2.45) is 5.92 Å². The average Bonchev–Trinajstić information content (AvgIpc) is 2.18. The van der Waals surface area contributed by atoms with E-state index in [1.807, 2.05) is 12.1 Å². The summed E-state index contributed by atoms with van der Waals surface area (Å²) in [5.74, 6) is 0.743. The number of benzene rings is 1. The zero-order valence-electron chi connectivity index (χ0n) is 9.29. The normalized spacial score (nSPS) is 10.7. The fourth-order valence-electron chi connectivity index (χ4n) is 1.31. The van der Waals surface area contributed by atoms with Gasteiger partial charge in [0.2, 0.25) is 0 Å². The molecule has 3 heteroatoms. The van der Waals surface area contributed by atoms with E-state index in [0.717, 1.165) is 17.3 Å². The summed E-state index contributed by atoms with van der Waals surface area (Å²) < 4.78 is 0. The first-order valence-electron chi connectivity index (χ1n) is 5.19. The summed E-state index contributed by atoms with van der Waals surface area (Å²) in [7, 11) is 2.55. The van der Waals surface area contributed by atoms with Crippen molar-refractivity contribution in [2.45, 2.75) is 26.7 Å². The van der Waals surface area contributed by atoms with Gasteiger partial charge in [0.1, 0.15) is 0 Å². The molecular formula is C12H18NOP. The Hall–Kier alpha value is -0.880. The largest absolute Gasteiger partial charge is 0.398 e. The van der Waals surface area contributed by atoms with Crippen molar-refractivity contribution < 1.29 is 4.79 Å². The van der Waals surface area contributed by atoms with Crippen molar-refractivity contribution in [1.29, 1.82) is 0 Å². The minimum absolute atomic E-state index is 0.181. The molecule has 0 aromatic heterocycles. The van der Waals surface area contributed by atoms with Crippen LogP contribution in [0.5, 0.6) is 0 Å². The third-order valence-corrected chi connectivity index (χ3v) is 2.88. The van der Waals surface area contributed by atoms with Crippen LogP contribution in [-0.4, -0.2) is 5.78 Å². The van der Waals surface area contributed by atoms with Crippen LogP contribution >= 0.6 is 9.24 Å². The fourth-order valence-corrected chi connectivity index (χ4v) is 1.49. The van der Waals surface area contributed by atoms with E-state index in [1.165, 1.54) is 0 Å². The Morgan fingerprint density at radius 3 is 2.67 bits per heavy atom. The lowest BCUT2D eigenvalue weighted by Gasteiger charge is -2.06. The van der Waals surface area contributed by atoms with E-state index >= 15 is 0 Å². The second-order valence-electron chi connectivity index (χ2n) is 4.20. The summed E-state index contributed by atoms with van der Waals surface area (Å²) in [6.45, 7) is 4.24. The Kier molecular flexibility index (Phi) is 4.28. The van der Waals surface area contributed by atoms with E-state index in [1.54, 1.807) is 6.07 Å². The van der Waals surface area contributed by atoms with E-state index in [0.29, 0.717) is 18.0 Å². The van der Waals surface area contributed by atoms with Crippen LogP contribution in [0.4, 0.5) is 5.69 Å². The maximum absolute atomic E-state index is 11.8. The number of nitrogens with two attached hydrogens (primary N) is 1. The van der Waals surface area contributed by atoms with E-state index < -0.39 is 0 Å². The molecule has 0 bridgehead atoms. The number of carbonyl (C=O) groups excluding carboxylic acids is 1. The van der Waals surface area contributed by atoms with Gasteiger partial charge < -0.3 is 5.73 Å². The zero-order chi connectivity index (χ0) is 11.4. The quantitative estimate of drug-likeness (QED) is 0.484. The number of Topliss-reactive ketones (excluding diaryl/α,β-unsaturated/α-hetero) is 1. The lowest BCUT2D eigenvalue weighted by atomic mass is 10.0. The van der Waals surface area contributed by atoms with Gasteiger partial charge >= 0.3 is 0 Å². The van der Waals surface area contributed by atoms with Gasteiger partial charge in [-0.1, -0.05) is 26.0 Å². The summed E-state index contributed by atoms with van der Waals surface area (Å²) in [6, 6.07) is 5.45. The molecule has 15 heavy (non-hydrogen) atoms. The Bertz CT molecular complexity index is 361.